The molecule has 0 spiro atoms. The standard InChI is InChI=1S/C19H18N4OS2/c1-2-3-9-25-19-15(20)14-16(12-7-5-4-6-8-12)22-17(23-18(14)26-19)13-10-24-11-21-13/h4-8,10-11H,2-3,9,20H2,1H3. The minimum atomic E-state index is 0.552. The first-order valence-electron chi connectivity index (χ1n) is 8.44. The van der Waals surface area contributed by atoms with Crippen molar-refractivity contribution >= 4 is 39.0 Å². The Morgan fingerprint density at radius 3 is 2.77 bits per heavy atom. The fourth-order valence-electron chi connectivity index (χ4n) is 2.66. The van der Waals surface area contributed by atoms with Gasteiger partial charge >= 0.3 is 0 Å². The maximum absolute atomic E-state index is 6.50. The molecule has 0 aliphatic heterocycles. The molecular formula is C19H18N4OS2. The molecule has 7 heteroatoms. The van der Waals surface area contributed by atoms with E-state index in [0.717, 1.165) is 37.1 Å². The second-order valence-corrected chi connectivity index (χ2v) is 8.18. The SMILES string of the molecule is CCCCSc1sc2nc(-c3cocn3)nc(-c3ccccc3)c2c1N. The molecule has 1 aromatic carbocycles. The number of anilines is 1. The van der Waals surface area contributed by atoms with Gasteiger partial charge in [-0.1, -0.05) is 43.7 Å². The monoisotopic (exact) mass is 382 g/mol. The van der Waals surface area contributed by atoms with Crippen LogP contribution in [0.5, 0.6) is 0 Å². The first-order chi connectivity index (χ1) is 12.8. The van der Waals surface area contributed by atoms with Crippen LogP contribution in [0.15, 0.2) is 51.6 Å². The van der Waals surface area contributed by atoms with Crippen molar-refractivity contribution in [1.29, 1.82) is 0 Å². The Labute approximate surface area is 159 Å². The minimum Gasteiger partial charge on any atom is -0.451 e. The maximum Gasteiger partial charge on any atom is 0.183 e. The van der Waals surface area contributed by atoms with Gasteiger partial charge in [0.25, 0.3) is 0 Å². The van der Waals surface area contributed by atoms with E-state index in [1.807, 2.05) is 30.3 Å². The maximum atomic E-state index is 6.50. The number of unbranched alkanes of at least 4 members (excludes halogenated alkanes) is 1. The molecule has 0 aliphatic carbocycles. The molecule has 0 bridgehead atoms. The normalized spacial score (nSPS) is 11.3. The Hall–Kier alpha value is -2.38. The van der Waals surface area contributed by atoms with Crippen LogP contribution in [-0.2, 0) is 0 Å². The predicted octanol–water partition coefficient (Wildman–Crippen LogP) is 5.49. The number of oxazole rings is 1. The summed E-state index contributed by atoms with van der Waals surface area (Å²) in [6.45, 7) is 2.19. The van der Waals surface area contributed by atoms with Gasteiger partial charge in [-0.05, 0) is 12.2 Å². The van der Waals surface area contributed by atoms with Crippen molar-refractivity contribution in [3.05, 3.63) is 43.0 Å². The van der Waals surface area contributed by atoms with E-state index < -0.39 is 0 Å². The van der Waals surface area contributed by atoms with Gasteiger partial charge < -0.3 is 10.2 Å². The lowest BCUT2D eigenvalue weighted by atomic mass is 10.1. The molecule has 5 nitrogen and oxygen atoms in total. The van der Waals surface area contributed by atoms with Crippen molar-refractivity contribution in [3.8, 4) is 22.8 Å². The van der Waals surface area contributed by atoms with Crippen LogP contribution < -0.4 is 5.73 Å². The van der Waals surface area contributed by atoms with Crippen molar-refractivity contribution in [1.82, 2.24) is 15.0 Å². The van der Waals surface area contributed by atoms with E-state index in [-0.39, 0.29) is 0 Å². The van der Waals surface area contributed by atoms with E-state index in [1.165, 1.54) is 19.2 Å². The van der Waals surface area contributed by atoms with Crippen LogP contribution in [-0.4, -0.2) is 20.7 Å². The molecule has 132 valence electrons. The van der Waals surface area contributed by atoms with Gasteiger partial charge in [0.05, 0.1) is 21.0 Å². The first kappa shape index (κ1) is 17.1. The summed E-state index contributed by atoms with van der Waals surface area (Å²) in [5.74, 6) is 1.61. The predicted molar refractivity (Wildman–Crippen MR) is 108 cm³/mol. The van der Waals surface area contributed by atoms with E-state index >= 15 is 0 Å². The highest BCUT2D eigenvalue weighted by Gasteiger charge is 2.19. The summed E-state index contributed by atoms with van der Waals surface area (Å²) >= 11 is 3.42. The summed E-state index contributed by atoms with van der Waals surface area (Å²) in [7, 11) is 0. The summed E-state index contributed by atoms with van der Waals surface area (Å²) in [6.07, 6.45) is 5.28. The Bertz CT molecular complexity index is 1010. The zero-order valence-electron chi connectivity index (χ0n) is 14.3. The van der Waals surface area contributed by atoms with Crippen LogP contribution in [0.2, 0.25) is 0 Å². The third-order valence-corrected chi connectivity index (χ3v) is 6.47. The molecule has 0 aliphatic rings. The highest BCUT2D eigenvalue weighted by atomic mass is 32.2. The van der Waals surface area contributed by atoms with Gasteiger partial charge in [-0.3, -0.25) is 0 Å². The average Bonchev–Trinajstić information content (AvgIpc) is 3.31. The molecule has 2 N–H and O–H groups in total. The topological polar surface area (TPSA) is 77.8 Å². The van der Waals surface area contributed by atoms with Gasteiger partial charge in [0.1, 0.15) is 16.8 Å². The quantitative estimate of drug-likeness (QED) is 0.351. The average molecular weight is 383 g/mol. The Balaban J connectivity index is 1.90. The molecule has 3 aromatic heterocycles. The number of hydrogen-bond acceptors (Lipinski definition) is 7. The summed E-state index contributed by atoms with van der Waals surface area (Å²) in [6, 6.07) is 10.1. The van der Waals surface area contributed by atoms with Gasteiger partial charge in [-0.25, -0.2) is 15.0 Å². The molecule has 0 saturated carbocycles. The molecule has 4 aromatic rings. The number of nitrogens with zero attached hydrogens (tertiary/aromatic N) is 3. The van der Waals surface area contributed by atoms with E-state index in [1.54, 1.807) is 29.4 Å². The number of thiophene rings is 1. The lowest BCUT2D eigenvalue weighted by Crippen LogP contribution is -1.95. The van der Waals surface area contributed by atoms with Crippen LogP contribution in [0, 0.1) is 0 Å². The molecule has 0 fully saturated rings. The molecule has 0 unspecified atom stereocenters. The van der Waals surface area contributed by atoms with Crippen molar-refractivity contribution in [2.45, 2.75) is 24.0 Å². The van der Waals surface area contributed by atoms with Crippen molar-refractivity contribution < 1.29 is 4.42 Å². The van der Waals surface area contributed by atoms with Crippen LogP contribution >= 0.6 is 23.1 Å². The fourth-order valence-corrected chi connectivity index (χ4v) is 5.09. The van der Waals surface area contributed by atoms with Crippen molar-refractivity contribution in [2.75, 3.05) is 11.5 Å². The van der Waals surface area contributed by atoms with E-state index in [2.05, 4.69) is 11.9 Å². The zero-order chi connectivity index (χ0) is 17.9. The summed E-state index contributed by atoms with van der Waals surface area (Å²) < 4.78 is 6.21. The lowest BCUT2D eigenvalue weighted by molar-refractivity contribution is 0.558. The van der Waals surface area contributed by atoms with Crippen LogP contribution in [0.25, 0.3) is 33.0 Å². The summed E-state index contributed by atoms with van der Waals surface area (Å²) in [5, 5.41) is 0.924. The molecule has 26 heavy (non-hydrogen) atoms. The first-order valence-corrected chi connectivity index (χ1v) is 10.2. The zero-order valence-corrected chi connectivity index (χ0v) is 15.9. The second kappa shape index (κ2) is 7.47. The van der Waals surface area contributed by atoms with Gasteiger partial charge in [-0.15, -0.1) is 23.1 Å². The number of rotatable bonds is 6. The van der Waals surface area contributed by atoms with Gasteiger partial charge in [0.15, 0.2) is 12.2 Å². The van der Waals surface area contributed by atoms with Gasteiger partial charge in [0, 0.05) is 5.56 Å². The van der Waals surface area contributed by atoms with Gasteiger partial charge in [0.2, 0.25) is 0 Å². The second-order valence-electron chi connectivity index (χ2n) is 5.82. The molecule has 0 saturated heterocycles. The van der Waals surface area contributed by atoms with Crippen molar-refractivity contribution in [2.24, 2.45) is 0 Å². The number of hydrogen-bond donors (Lipinski definition) is 1. The number of nitrogen functional groups attached to an aromatic ring is 1. The molecular weight excluding hydrogens is 364 g/mol. The molecule has 0 amide bonds. The van der Waals surface area contributed by atoms with Gasteiger partial charge in [-0.2, -0.15) is 0 Å². The minimum absolute atomic E-state index is 0.552. The Kier molecular flexibility index (Phi) is 4.90. The van der Waals surface area contributed by atoms with E-state index in [9.17, 15) is 0 Å². The third kappa shape index (κ3) is 3.20. The summed E-state index contributed by atoms with van der Waals surface area (Å²) in [4.78, 5) is 14.6. The number of fused-ring (bicyclic) bond motifs is 1. The third-order valence-electron chi connectivity index (χ3n) is 3.99. The number of nitrogens with two attached hydrogens (primary N) is 1. The van der Waals surface area contributed by atoms with Crippen LogP contribution in [0.3, 0.4) is 0 Å². The summed E-state index contributed by atoms with van der Waals surface area (Å²) in [5.41, 5.74) is 9.75. The van der Waals surface area contributed by atoms with Crippen LogP contribution in [0.1, 0.15) is 19.8 Å². The Morgan fingerprint density at radius 2 is 2.04 bits per heavy atom. The number of thioether (sulfide) groups is 1. The lowest BCUT2D eigenvalue weighted by Gasteiger charge is -2.06. The molecule has 3 heterocycles. The highest BCUT2D eigenvalue weighted by Crippen LogP contribution is 2.44. The number of aromatic nitrogens is 3. The molecule has 0 atom stereocenters. The molecule has 0 radical (unpaired) electrons. The van der Waals surface area contributed by atoms with Crippen molar-refractivity contribution in [3.63, 3.8) is 0 Å². The highest BCUT2D eigenvalue weighted by molar-refractivity contribution is 8.01. The Morgan fingerprint density at radius 1 is 1.19 bits per heavy atom. The largest absolute Gasteiger partial charge is 0.451 e. The fraction of sp³-hybridized carbons (Fsp3) is 0.211. The number of benzene rings is 1. The van der Waals surface area contributed by atoms with Crippen LogP contribution in [0.4, 0.5) is 5.69 Å². The van der Waals surface area contributed by atoms with E-state index in [0.29, 0.717) is 11.5 Å². The molecule has 4 rings (SSSR count). The smallest absolute Gasteiger partial charge is 0.183 e. The van der Waals surface area contributed by atoms with E-state index in [4.69, 9.17) is 20.1 Å².